The standard InChI is InChI=1S/C24H20ClN3O/c1-16-3-5-18(6-4-16)24-21(28-14-13-17(2)15-22(28)27-24)11-12-23(29)26-20-9-7-19(25)8-10-20/h3-15H,1-2H3,(H,26,29)/b12-11+. The molecule has 0 aliphatic rings. The second-order valence-electron chi connectivity index (χ2n) is 6.97. The number of rotatable bonds is 4. The highest BCUT2D eigenvalue weighted by atomic mass is 35.5. The Morgan fingerprint density at radius 1 is 1.00 bits per heavy atom. The third-order valence-corrected chi connectivity index (χ3v) is 4.90. The predicted octanol–water partition coefficient (Wildman–Crippen LogP) is 5.92. The van der Waals surface area contributed by atoms with Gasteiger partial charge in [-0.25, -0.2) is 4.98 Å². The summed E-state index contributed by atoms with van der Waals surface area (Å²) in [7, 11) is 0. The van der Waals surface area contributed by atoms with Crippen molar-refractivity contribution in [2.45, 2.75) is 13.8 Å². The highest BCUT2D eigenvalue weighted by Gasteiger charge is 2.12. The van der Waals surface area contributed by atoms with Crippen LogP contribution >= 0.6 is 11.6 Å². The molecule has 1 amide bonds. The van der Waals surface area contributed by atoms with Crippen molar-refractivity contribution in [2.75, 3.05) is 5.32 Å². The summed E-state index contributed by atoms with van der Waals surface area (Å²) in [5.74, 6) is -0.218. The maximum absolute atomic E-state index is 12.4. The average Bonchev–Trinajstić information content (AvgIpc) is 3.06. The van der Waals surface area contributed by atoms with Gasteiger partial charge in [-0.2, -0.15) is 0 Å². The molecule has 0 atom stereocenters. The van der Waals surface area contributed by atoms with E-state index < -0.39 is 0 Å². The first-order chi connectivity index (χ1) is 14.0. The third kappa shape index (κ3) is 4.23. The molecule has 0 radical (unpaired) electrons. The van der Waals surface area contributed by atoms with Gasteiger partial charge in [0.05, 0.1) is 11.4 Å². The molecule has 0 saturated heterocycles. The van der Waals surface area contributed by atoms with Gasteiger partial charge in [-0.3, -0.25) is 9.20 Å². The van der Waals surface area contributed by atoms with E-state index in [1.807, 2.05) is 29.7 Å². The first kappa shape index (κ1) is 19.0. The van der Waals surface area contributed by atoms with E-state index in [4.69, 9.17) is 16.6 Å². The van der Waals surface area contributed by atoms with E-state index in [0.717, 1.165) is 28.2 Å². The van der Waals surface area contributed by atoms with Gasteiger partial charge in [-0.05, 0) is 61.9 Å². The lowest BCUT2D eigenvalue weighted by molar-refractivity contribution is -0.111. The largest absolute Gasteiger partial charge is 0.323 e. The fourth-order valence-corrected chi connectivity index (χ4v) is 3.25. The number of fused-ring (bicyclic) bond motifs is 1. The number of amides is 1. The van der Waals surface area contributed by atoms with Crippen LogP contribution in [0.4, 0.5) is 5.69 Å². The fraction of sp³-hybridized carbons (Fsp3) is 0.0833. The Labute approximate surface area is 174 Å². The summed E-state index contributed by atoms with van der Waals surface area (Å²) in [4.78, 5) is 17.2. The van der Waals surface area contributed by atoms with Gasteiger partial charge in [-0.15, -0.1) is 0 Å². The van der Waals surface area contributed by atoms with Crippen LogP contribution in [0.2, 0.25) is 5.02 Å². The number of aryl methyl sites for hydroxylation is 2. The first-order valence-corrected chi connectivity index (χ1v) is 9.68. The number of imidazole rings is 1. The third-order valence-electron chi connectivity index (χ3n) is 4.65. The molecule has 4 nitrogen and oxygen atoms in total. The number of hydrogen-bond acceptors (Lipinski definition) is 2. The number of aromatic nitrogens is 2. The van der Waals surface area contributed by atoms with Gasteiger partial charge in [0.2, 0.25) is 5.91 Å². The van der Waals surface area contributed by atoms with Crippen LogP contribution in [0.25, 0.3) is 23.0 Å². The van der Waals surface area contributed by atoms with Crippen LogP contribution in [0.15, 0.2) is 72.9 Å². The maximum atomic E-state index is 12.4. The van der Waals surface area contributed by atoms with Crippen LogP contribution in [0, 0.1) is 13.8 Å². The van der Waals surface area contributed by atoms with Gasteiger partial charge < -0.3 is 5.32 Å². The molecule has 1 N–H and O–H groups in total. The molecule has 2 aromatic heterocycles. The topological polar surface area (TPSA) is 46.4 Å². The summed E-state index contributed by atoms with van der Waals surface area (Å²) < 4.78 is 1.99. The monoisotopic (exact) mass is 401 g/mol. The quantitative estimate of drug-likeness (QED) is 0.431. The summed E-state index contributed by atoms with van der Waals surface area (Å²) >= 11 is 5.89. The molecule has 2 aromatic carbocycles. The van der Waals surface area contributed by atoms with Gasteiger partial charge in [0.15, 0.2) is 0 Å². The van der Waals surface area contributed by atoms with Crippen molar-refractivity contribution in [3.05, 3.63) is 94.8 Å². The molecule has 4 aromatic rings. The first-order valence-electron chi connectivity index (χ1n) is 9.30. The molecule has 0 spiro atoms. The molecule has 2 heterocycles. The van der Waals surface area contributed by atoms with Crippen molar-refractivity contribution in [2.24, 2.45) is 0 Å². The van der Waals surface area contributed by atoms with E-state index in [-0.39, 0.29) is 5.91 Å². The number of carbonyl (C=O) groups is 1. The molecule has 0 aliphatic heterocycles. The number of anilines is 1. The van der Waals surface area contributed by atoms with Crippen molar-refractivity contribution in [1.29, 1.82) is 0 Å². The molecule has 0 unspecified atom stereocenters. The Kier molecular flexibility index (Phi) is 5.19. The van der Waals surface area contributed by atoms with Crippen molar-refractivity contribution in [3.8, 4) is 11.3 Å². The minimum Gasteiger partial charge on any atom is -0.323 e. The Bertz CT molecular complexity index is 1210. The smallest absolute Gasteiger partial charge is 0.248 e. The summed E-state index contributed by atoms with van der Waals surface area (Å²) in [6, 6.07) is 19.3. The van der Waals surface area contributed by atoms with Crippen LogP contribution < -0.4 is 5.32 Å². The van der Waals surface area contributed by atoms with E-state index in [0.29, 0.717) is 10.7 Å². The number of benzene rings is 2. The van der Waals surface area contributed by atoms with E-state index in [1.54, 1.807) is 30.3 Å². The van der Waals surface area contributed by atoms with E-state index in [1.165, 1.54) is 11.6 Å². The molecule has 0 bridgehead atoms. The van der Waals surface area contributed by atoms with Crippen LogP contribution in [-0.4, -0.2) is 15.3 Å². The van der Waals surface area contributed by atoms with Crippen molar-refractivity contribution >= 4 is 34.9 Å². The van der Waals surface area contributed by atoms with Gasteiger partial charge >= 0.3 is 0 Å². The van der Waals surface area contributed by atoms with Crippen LogP contribution in [0.5, 0.6) is 0 Å². The summed E-state index contributed by atoms with van der Waals surface area (Å²) in [5.41, 5.74) is 6.56. The SMILES string of the molecule is Cc1ccc(-c2nc3cc(C)ccn3c2/C=C/C(=O)Nc2ccc(Cl)cc2)cc1. The Morgan fingerprint density at radius 3 is 2.45 bits per heavy atom. The lowest BCUT2D eigenvalue weighted by atomic mass is 10.1. The molecule has 144 valence electrons. The second kappa shape index (κ2) is 7.94. The molecule has 5 heteroatoms. The summed E-state index contributed by atoms with van der Waals surface area (Å²) in [6.45, 7) is 4.09. The molecular formula is C24H20ClN3O. The minimum atomic E-state index is -0.218. The molecule has 0 aliphatic carbocycles. The van der Waals surface area contributed by atoms with Crippen molar-refractivity contribution in [1.82, 2.24) is 9.38 Å². The summed E-state index contributed by atoms with van der Waals surface area (Å²) in [6.07, 6.45) is 5.30. The maximum Gasteiger partial charge on any atom is 0.248 e. The van der Waals surface area contributed by atoms with Crippen LogP contribution in [0.3, 0.4) is 0 Å². The average molecular weight is 402 g/mol. The number of halogens is 1. The van der Waals surface area contributed by atoms with Gasteiger partial charge in [0, 0.05) is 28.5 Å². The highest BCUT2D eigenvalue weighted by molar-refractivity contribution is 6.30. The van der Waals surface area contributed by atoms with Gasteiger partial charge in [0.25, 0.3) is 0 Å². The Balaban J connectivity index is 1.70. The van der Waals surface area contributed by atoms with Gasteiger partial charge in [-0.1, -0.05) is 41.4 Å². The second-order valence-corrected chi connectivity index (χ2v) is 7.41. The number of pyridine rings is 1. The number of nitrogens with zero attached hydrogens (tertiary/aromatic N) is 2. The minimum absolute atomic E-state index is 0.218. The molecule has 29 heavy (non-hydrogen) atoms. The Hall–Kier alpha value is -3.37. The van der Waals surface area contributed by atoms with E-state index >= 15 is 0 Å². The van der Waals surface area contributed by atoms with Crippen molar-refractivity contribution in [3.63, 3.8) is 0 Å². The van der Waals surface area contributed by atoms with Gasteiger partial charge in [0.1, 0.15) is 5.65 Å². The predicted molar refractivity (Wildman–Crippen MR) is 119 cm³/mol. The molecule has 4 rings (SSSR count). The number of carbonyl (C=O) groups excluding carboxylic acids is 1. The fourth-order valence-electron chi connectivity index (χ4n) is 3.12. The number of hydrogen-bond donors (Lipinski definition) is 1. The zero-order chi connectivity index (χ0) is 20.4. The van der Waals surface area contributed by atoms with Crippen LogP contribution in [0.1, 0.15) is 16.8 Å². The lowest BCUT2D eigenvalue weighted by Crippen LogP contribution is -2.07. The normalized spacial score (nSPS) is 11.3. The molecule has 0 fully saturated rings. The molecular weight excluding hydrogens is 382 g/mol. The summed E-state index contributed by atoms with van der Waals surface area (Å²) in [5, 5.41) is 3.47. The molecule has 0 saturated carbocycles. The number of nitrogens with one attached hydrogen (secondary N) is 1. The zero-order valence-corrected chi connectivity index (χ0v) is 16.9. The highest BCUT2D eigenvalue weighted by Crippen LogP contribution is 2.26. The zero-order valence-electron chi connectivity index (χ0n) is 16.2. The lowest BCUT2D eigenvalue weighted by Gasteiger charge is -2.03. The van der Waals surface area contributed by atoms with E-state index in [2.05, 4.69) is 36.5 Å². The van der Waals surface area contributed by atoms with E-state index in [9.17, 15) is 4.79 Å². The van der Waals surface area contributed by atoms with Crippen molar-refractivity contribution < 1.29 is 4.79 Å². The Morgan fingerprint density at radius 2 is 1.72 bits per heavy atom. The van der Waals surface area contributed by atoms with Crippen LogP contribution in [-0.2, 0) is 4.79 Å².